The summed E-state index contributed by atoms with van der Waals surface area (Å²) in [6.07, 6.45) is 0.183. The van der Waals surface area contributed by atoms with E-state index in [0.717, 1.165) is 11.2 Å². The highest BCUT2D eigenvalue weighted by molar-refractivity contribution is 6.75. The van der Waals surface area contributed by atoms with Crippen LogP contribution in [0.1, 0.15) is 41.5 Å². The quantitative estimate of drug-likeness (QED) is 0.775. The van der Waals surface area contributed by atoms with Crippen molar-refractivity contribution >= 4 is 28.0 Å². The van der Waals surface area contributed by atoms with Crippen molar-refractivity contribution in [2.75, 3.05) is 0 Å². The monoisotopic (exact) mass is 289 g/mol. The second kappa shape index (κ2) is 6.93. The molecule has 6 heteroatoms. The van der Waals surface area contributed by atoms with E-state index in [1.165, 1.54) is 7.70 Å². The second-order valence-corrected chi connectivity index (χ2v) is 6.32. The molecule has 115 valence electrons. The van der Waals surface area contributed by atoms with Gasteiger partial charge in [0.2, 0.25) is 0 Å². The molecule has 3 nitrogen and oxygen atoms in total. The third kappa shape index (κ3) is 4.30. The van der Waals surface area contributed by atoms with Gasteiger partial charge in [-0.25, -0.2) is 0 Å². The SMILES string of the molecule is CC(C)Oc1ccc(B2OC(C)(C)C(C)(C)O2)cc1.[2H][B][BH3-]. The summed E-state index contributed by atoms with van der Waals surface area (Å²) >= 11 is 0. The smallest absolute Gasteiger partial charge is 0.491 e. The van der Waals surface area contributed by atoms with Gasteiger partial charge in [-0.15, -0.1) is 7.70 Å². The molecule has 0 saturated carbocycles. The topological polar surface area (TPSA) is 27.7 Å². The van der Waals surface area contributed by atoms with Crippen LogP contribution < -0.4 is 10.2 Å². The molecule has 1 heterocycles. The minimum atomic E-state index is -0.307. The molecule has 0 spiro atoms. The zero-order valence-corrected chi connectivity index (χ0v) is 13.3. The molecule has 0 unspecified atom stereocenters. The van der Waals surface area contributed by atoms with E-state index in [1.807, 2.05) is 38.1 Å². The zero-order valence-electron chi connectivity index (χ0n) is 14.3. The molecule has 1 aromatic rings. The van der Waals surface area contributed by atoms with Gasteiger partial charge >= 0.3 is 7.12 Å². The Bertz CT molecular complexity index is 448. The molecule has 0 atom stereocenters. The van der Waals surface area contributed by atoms with E-state index in [-0.39, 0.29) is 24.4 Å². The Kier molecular flexibility index (Phi) is 5.45. The van der Waals surface area contributed by atoms with Crippen molar-refractivity contribution < 1.29 is 14.0 Å². The summed E-state index contributed by atoms with van der Waals surface area (Å²) in [5.74, 6) is 0.871. The lowest BCUT2D eigenvalue weighted by atomic mass is 9.79. The van der Waals surface area contributed by atoms with E-state index in [1.54, 1.807) is 0 Å². The molecule has 0 N–H and O–H groups in total. The zero-order chi connectivity index (χ0) is 17.0. The summed E-state index contributed by atoms with van der Waals surface area (Å²) in [7, 11) is 1.50. The Balaban J connectivity index is 0.000000745. The van der Waals surface area contributed by atoms with Gasteiger partial charge in [0.1, 0.15) is 5.75 Å². The van der Waals surface area contributed by atoms with Gasteiger partial charge in [-0.05, 0) is 59.1 Å². The van der Waals surface area contributed by atoms with Crippen molar-refractivity contribution in [3.05, 3.63) is 24.3 Å². The molecule has 0 aromatic heterocycles. The molecule has 2 rings (SSSR count). The van der Waals surface area contributed by atoms with E-state index >= 15 is 0 Å². The Morgan fingerprint density at radius 3 is 1.95 bits per heavy atom. The number of hydrogen-bond donors (Lipinski definition) is 0. The van der Waals surface area contributed by atoms with Crippen molar-refractivity contribution in [1.82, 2.24) is 0 Å². The molecule has 21 heavy (non-hydrogen) atoms. The van der Waals surface area contributed by atoms with Crippen LogP contribution in [0.15, 0.2) is 24.3 Å². The molecule has 1 radical (unpaired) electrons. The van der Waals surface area contributed by atoms with Crippen LogP contribution in [-0.4, -0.2) is 41.2 Å². The van der Waals surface area contributed by atoms with Crippen molar-refractivity contribution in [3.63, 3.8) is 0 Å². The Labute approximate surface area is 133 Å². The van der Waals surface area contributed by atoms with Gasteiger partial charge in [-0.3, -0.25) is 0 Å². The molecular weight excluding hydrogens is 261 g/mol. The lowest BCUT2D eigenvalue weighted by Crippen LogP contribution is -2.41. The Morgan fingerprint density at radius 2 is 1.57 bits per heavy atom. The van der Waals surface area contributed by atoms with E-state index in [2.05, 4.69) is 27.7 Å². The Hall–Kier alpha value is -0.865. The first-order valence-electron chi connectivity index (χ1n) is 7.41. The maximum absolute atomic E-state index is 6.19. The summed E-state index contributed by atoms with van der Waals surface area (Å²) in [6, 6.07) is 7.92. The molecule has 1 aliphatic rings. The van der Waals surface area contributed by atoms with Crippen LogP contribution in [-0.2, 0) is 9.31 Å². The van der Waals surface area contributed by atoms with Gasteiger partial charge in [-0.1, -0.05) is 21.2 Å². The van der Waals surface area contributed by atoms with Crippen LogP contribution in [0.3, 0.4) is 0 Å². The van der Waals surface area contributed by atoms with Gasteiger partial charge in [0, 0.05) is 0 Å². The fourth-order valence-electron chi connectivity index (χ4n) is 1.95. The molecule has 0 bridgehead atoms. The van der Waals surface area contributed by atoms with Crippen molar-refractivity contribution in [3.8, 4) is 5.75 Å². The number of rotatable bonds is 3. The molecular formula is C15H27B3O3-. The van der Waals surface area contributed by atoms with E-state index in [9.17, 15) is 0 Å². The maximum Gasteiger partial charge on any atom is 0.494 e. The second-order valence-electron chi connectivity index (χ2n) is 6.32. The summed E-state index contributed by atoms with van der Waals surface area (Å²) < 4.78 is 23.8. The molecule has 1 fully saturated rings. The van der Waals surface area contributed by atoms with Crippen molar-refractivity contribution in [2.24, 2.45) is 0 Å². The van der Waals surface area contributed by atoms with Crippen LogP contribution >= 0.6 is 0 Å². The molecule has 1 saturated heterocycles. The maximum atomic E-state index is 6.19. The third-order valence-electron chi connectivity index (χ3n) is 3.78. The third-order valence-corrected chi connectivity index (χ3v) is 3.78. The van der Waals surface area contributed by atoms with E-state index < -0.39 is 0 Å². The predicted octanol–water partition coefficient (Wildman–Crippen LogP) is 0.941. The lowest BCUT2D eigenvalue weighted by Gasteiger charge is -2.32. The fourth-order valence-corrected chi connectivity index (χ4v) is 1.95. The minimum absolute atomic E-state index is 0.183. The van der Waals surface area contributed by atoms with Gasteiger partial charge in [0.15, 0.2) is 0 Å². The largest absolute Gasteiger partial charge is 0.494 e. The fraction of sp³-hybridized carbons (Fsp3) is 0.600. The van der Waals surface area contributed by atoms with Crippen molar-refractivity contribution in [2.45, 2.75) is 58.8 Å². The minimum Gasteiger partial charge on any atom is -0.491 e. The summed E-state index contributed by atoms with van der Waals surface area (Å²) in [4.78, 5) is 0. The number of hydrogen-bond acceptors (Lipinski definition) is 3. The highest BCUT2D eigenvalue weighted by atomic mass is 16.7. The van der Waals surface area contributed by atoms with Crippen LogP contribution in [0.5, 0.6) is 5.75 Å². The van der Waals surface area contributed by atoms with Gasteiger partial charge in [0.05, 0.1) is 17.3 Å². The first kappa shape index (κ1) is 16.5. The summed E-state index contributed by atoms with van der Waals surface area (Å²) in [5.41, 5.74) is 0.421. The molecule has 0 amide bonds. The number of ether oxygens (including phenoxy) is 1. The van der Waals surface area contributed by atoms with Gasteiger partial charge in [-0.2, -0.15) is 0 Å². The first-order valence-corrected chi connectivity index (χ1v) is 6.83. The average molecular weight is 289 g/mol. The molecule has 1 aromatic carbocycles. The van der Waals surface area contributed by atoms with Crippen LogP contribution in [0.2, 0.25) is 0 Å². The van der Waals surface area contributed by atoms with E-state index in [4.69, 9.17) is 15.4 Å². The lowest BCUT2D eigenvalue weighted by molar-refractivity contribution is 0.00578. The average Bonchev–Trinajstić information content (AvgIpc) is 2.59. The summed E-state index contributed by atoms with van der Waals surface area (Å²) in [5, 5.41) is 0. The Morgan fingerprint density at radius 1 is 1.14 bits per heavy atom. The normalized spacial score (nSPS) is 19.6. The van der Waals surface area contributed by atoms with Gasteiger partial charge < -0.3 is 14.0 Å². The number of benzene rings is 1. The first-order chi connectivity index (χ1) is 10.1. The van der Waals surface area contributed by atoms with Crippen LogP contribution in [0.4, 0.5) is 0 Å². The highest BCUT2D eigenvalue weighted by Crippen LogP contribution is 2.36. The van der Waals surface area contributed by atoms with Crippen molar-refractivity contribution in [1.29, 1.82) is 1.34 Å². The standard InChI is InChI=1S/C15H23BO3.B2H4/c1-11(2)17-13-9-7-12(8-10-13)16-18-14(3,4)15(5,6)19-16;1-2/h7-11H,1-6H3;1H,2H3/q;-1/i;1D. The van der Waals surface area contributed by atoms with Crippen LogP contribution in [0.25, 0.3) is 0 Å². The molecule has 0 aliphatic carbocycles. The predicted molar refractivity (Wildman–Crippen MR) is 95.0 cm³/mol. The van der Waals surface area contributed by atoms with E-state index in [0.29, 0.717) is 7.74 Å². The molecule has 1 aliphatic heterocycles. The van der Waals surface area contributed by atoms with Crippen LogP contribution in [0, 0.1) is 0 Å². The van der Waals surface area contributed by atoms with Gasteiger partial charge in [0.25, 0.3) is 0 Å². The highest BCUT2D eigenvalue weighted by Gasteiger charge is 2.51. The summed E-state index contributed by atoms with van der Waals surface area (Å²) in [6.45, 7) is 12.3.